The molecule has 0 saturated heterocycles. The third-order valence-corrected chi connectivity index (χ3v) is 3.84. The van der Waals surface area contributed by atoms with Crippen molar-refractivity contribution in [3.63, 3.8) is 0 Å². The first-order chi connectivity index (χ1) is 7.19. The Bertz CT molecular complexity index is 340. The number of benzene rings is 1. The second-order valence-electron chi connectivity index (χ2n) is 2.85. The minimum atomic E-state index is -0.557. The van der Waals surface area contributed by atoms with Crippen LogP contribution in [0, 0.1) is 0 Å². The Labute approximate surface area is 95.5 Å². The number of hydrogen-bond donors (Lipinski definition) is 1. The Hall–Kier alpha value is -0.630. The third-order valence-electron chi connectivity index (χ3n) is 1.88. The molecule has 0 bridgehead atoms. The van der Waals surface area contributed by atoms with Crippen LogP contribution in [-0.2, 0) is 4.52 Å². The van der Waals surface area contributed by atoms with Crippen molar-refractivity contribution in [3.8, 4) is 0 Å². The van der Waals surface area contributed by atoms with E-state index in [9.17, 15) is 0 Å². The number of nitrogens with zero attached hydrogens (tertiary/aromatic N) is 1. The average molecular weight is 246 g/mol. The third kappa shape index (κ3) is 3.45. The monoisotopic (exact) mass is 245 g/mol. The normalized spacial score (nSPS) is 13.9. The maximum atomic E-state index is 8.49. The maximum Gasteiger partial charge on any atom is 0.175 e. The minimum absolute atomic E-state index is 0.0957. The molecular weight excluding hydrogens is 233 g/mol. The lowest BCUT2D eigenvalue weighted by molar-refractivity contribution is 0.321. The molecule has 0 amide bonds. The van der Waals surface area contributed by atoms with Gasteiger partial charge in [-0.1, -0.05) is 41.0 Å². The molecule has 0 aromatic heterocycles. The first-order valence-electron chi connectivity index (χ1n) is 4.53. The fraction of sp³-hybridized carbons (Fsp3) is 0.300. The highest BCUT2D eigenvalue weighted by atomic mass is 35.5. The summed E-state index contributed by atoms with van der Waals surface area (Å²) in [7, 11) is -0.557. The van der Waals surface area contributed by atoms with Crippen molar-refractivity contribution in [1.82, 2.24) is 0 Å². The Morgan fingerprint density at radius 1 is 1.47 bits per heavy atom. The molecule has 1 aromatic rings. The van der Waals surface area contributed by atoms with Crippen LogP contribution in [0.15, 0.2) is 29.4 Å². The van der Waals surface area contributed by atoms with Crippen LogP contribution >= 0.6 is 19.7 Å². The fourth-order valence-corrected chi connectivity index (χ4v) is 2.37. The molecule has 1 N–H and O–H groups in total. The van der Waals surface area contributed by atoms with E-state index in [4.69, 9.17) is 21.3 Å². The molecule has 0 fully saturated rings. The Kier molecular flexibility index (Phi) is 5.03. The summed E-state index contributed by atoms with van der Waals surface area (Å²) in [5, 5.41) is 12.6. The van der Waals surface area contributed by atoms with Crippen molar-refractivity contribution in [1.29, 1.82) is 0 Å². The summed E-state index contributed by atoms with van der Waals surface area (Å²) in [4.78, 5) is 0. The van der Waals surface area contributed by atoms with E-state index >= 15 is 0 Å². The van der Waals surface area contributed by atoms with Crippen LogP contribution in [0.1, 0.15) is 12.5 Å². The summed E-state index contributed by atoms with van der Waals surface area (Å²) >= 11 is 5.66. The predicted molar refractivity (Wildman–Crippen MR) is 64.7 cm³/mol. The van der Waals surface area contributed by atoms with Crippen molar-refractivity contribution in [2.45, 2.75) is 6.92 Å². The molecule has 0 aliphatic heterocycles. The Balaban J connectivity index is 2.80. The number of hydrogen-bond acceptors (Lipinski definition) is 3. The number of rotatable bonds is 4. The van der Waals surface area contributed by atoms with Gasteiger partial charge in [0.15, 0.2) is 5.17 Å². The van der Waals surface area contributed by atoms with Crippen LogP contribution in [-0.4, -0.2) is 23.6 Å². The summed E-state index contributed by atoms with van der Waals surface area (Å²) in [5.74, 6) is 0. The molecule has 15 heavy (non-hydrogen) atoms. The van der Waals surface area contributed by atoms with E-state index in [-0.39, 0.29) is 5.17 Å². The smallest absolute Gasteiger partial charge is 0.175 e. The van der Waals surface area contributed by atoms with Crippen LogP contribution in [0.2, 0.25) is 0 Å². The van der Waals surface area contributed by atoms with Gasteiger partial charge in [0.05, 0.1) is 8.15 Å². The molecule has 0 radical (unpaired) electrons. The molecule has 1 atom stereocenters. The molecule has 1 rings (SSSR count). The molecule has 5 heteroatoms. The van der Waals surface area contributed by atoms with Crippen LogP contribution in [0.4, 0.5) is 0 Å². The zero-order chi connectivity index (χ0) is 11.3. The van der Waals surface area contributed by atoms with E-state index in [2.05, 4.69) is 11.8 Å². The van der Waals surface area contributed by atoms with Gasteiger partial charge in [-0.2, -0.15) is 0 Å². The molecule has 3 nitrogen and oxygen atoms in total. The number of halogens is 1. The molecule has 1 unspecified atom stereocenters. The van der Waals surface area contributed by atoms with Crippen LogP contribution in [0.25, 0.3) is 0 Å². The summed E-state index contributed by atoms with van der Waals surface area (Å²) in [6.45, 7) is 4.74. The highest BCUT2D eigenvalue weighted by molar-refractivity contribution is 7.60. The topological polar surface area (TPSA) is 41.8 Å². The molecule has 82 valence electrons. The predicted octanol–water partition coefficient (Wildman–Crippen LogP) is 2.75. The zero-order valence-corrected chi connectivity index (χ0v) is 10.3. The Morgan fingerprint density at radius 2 is 2.07 bits per heavy atom. The lowest BCUT2D eigenvalue weighted by atomic mass is 10.2. The highest BCUT2D eigenvalue weighted by Crippen LogP contribution is 2.30. The summed E-state index contributed by atoms with van der Waals surface area (Å²) in [6.07, 6.45) is 0. The van der Waals surface area contributed by atoms with Crippen LogP contribution in [0.3, 0.4) is 0 Å². The molecule has 0 aliphatic rings. The quantitative estimate of drug-likeness (QED) is 0.384. The second kappa shape index (κ2) is 6.06. The number of oxime groups is 1. The summed E-state index contributed by atoms with van der Waals surface area (Å²) in [5.41, 5.74) is 0.697. The average Bonchev–Trinajstić information content (AvgIpc) is 2.28. The minimum Gasteiger partial charge on any atom is -0.410 e. The molecule has 0 saturated carbocycles. The molecule has 0 spiro atoms. The van der Waals surface area contributed by atoms with Gasteiger partial charge in [-0.25, -0.2) is 0 Å². The van der Waals surface area contributed by atoms with E-state index in [0.717, 1.165) is 5.30 Å². The van der Waals surface area contributed by atoms with Gasteiger partial charge in [-0.3, -0.25) is 0 Å². The SMILES string of the molecule is CCOP(C)c1ccc(/C(Cl)=N/O)cc1. The lowest BCUT2D eigenvalue weighted by Crippen LogP contribution is -2.03. The molecule has 0 aliphatic carbocycles. The molecule has 1 aromatic carbocycles. The standard InChI is InChI=1S/C10H13ClNO2P/c1-3-14-15(2)9-6-4-8(5-7-9)10(11)12-13/h4-7,13H,3H2,1-2H3/b12-10-. The fourth-order valence-electron chi connectivity index (χ4n) is 1.13. The first kappa shape index (κ1) is 12.4. The van der Waals surface area contributed by atoms with E-state index in [1.54, 1.807) is 0 Å². The van der Waals surface area contributed by atoms with Gasteiger partial charge in [0.2, 0.25) is 0 Å². The van der Waals surface area contributed by atoms with Gasteiger partial charge in [0.1, 0.15) is 0 Å². The van der Waals surface area contributed by atoms with Gasteiger partial charge in [0.25, 0.3) is 0 Å². The van der Waals surface area contributed by atoms with Crippen LogP contribution < -0.4 is 5.30 Å². The van der Waals surface area contributed by atoms with E-state index in [1.165, 1.54) is 0 Å². The maximum absolute atomic E-state index is 8.49. The second-order valence-corrected chi connectivity index (χ2v) is 4.98. The van der Waals surface area contributed by atoms with Crippen molar-refractivity contribution < 1.29 is 9.73 Å². The molecule has 0 heterocycles. The van der Waals surface area contributed by atoms with E-state index < -0.39 is 8.15 Å². The van der Waals surface area contributed by atoms with E-state index in [1.807, 2.05) is 31.2 Å². The van der Waals surface area contributed by atoms with Gasteiger partial charge in [-0.15, -0.1) is 0 Å². The molecular formula is C10H13ClNO2P. The summed E-state index contributed by atoms with van der Waals surface area (Å²) in [6, 6.07) is 7.50. The van der Waals surface area contributed by atoms with Crippen molar-refractivity contribution in [2.75, 3.05) is 13.3 Å². The Morgan fingerprint density at radius 3 is 2.53 bits per heavy atom. The van der Waals surface area contributed by atoms with Crippen LogP contribution in [0.5, 0.6) is 0 Å². The van der Waals surface area contributed by atoms with Crippen molar-refractivity contribution >= 4 is 30.2 Å². The lowest BCUT2D eigenvalue weighted by Gasteiger charge is -2.11. The first-order valence-corrected chi connectivity index (χ1v) is 6.62. The van der Waals surface area contributed by atoms with E-state index in [0.29, 0.717) is 12.2 Å². The largest absolute Gasteiger partial charge is 0.410 e. The summed E-state index contributed by atoms with van der Waals surface area (Å²) < 4.78 is 5.51. The van der Waals surface area contributed by atoms with Gasteiger partial charge in [-0.05, 0) is 13.6 Å². The van der Waals surface area contributed by atoms with Gasteiger partial charge >= 0.3 is 0 Å². The zero-order valence-electron chi connectivity index (χ0n) is 8.64. The van der Waals surface area contributed by atoms with Crippen molar-refractivity contribution in [2.24, 2.45) is 5.16 Å². The highest BCUT2D eigenvalue weighted by Gasteiger charge is 2.06. The van der Waals surface area contributed by atoms with Gasteiger partial charge < -0.3 is 9.73 Å². The van der Waals surface area contributed by atoms with Crippen molar-refractivity contribution in [3.05, 3.63) is 29.8 Å². The van der Waals surface area contributed by atoms with Gasteiger partial charge in [0, 0.05) is 17.5 Å².